The molecule has 10 aromatic rings. The third kappa shape index (κ3) is 8.22. The van der Waals surface area contributed by atoms with Crippen molar-refractivity contribution in [3.8, 4) is 16.9 Å². The van der Waals surface area contributed by atoms with E-state index < -0.39 is 0 Å². The van der Waals surface area contributed by atoms with Gasteiger partial charge in [0.25, 0.3) is 0 Å². The number of benzene rings is 8. The minimum absolute atomic E-state index is 0. The van der Waals surface area contributed by atoms with E-state index in [1.165, 1.54) is 22.3 Å². The summed E-state index contributed by atoms with van der Waals surface area (Å²) >= 11 is 0. The molecule has 0 spiro atoms. The Bertz CT molecular complexity index is 3310. The van der Waals surface area contributed by atoms with Gasteiger partial charge in [0.1, 0.15) is 5.82 Å². The van der Waals surface area contributed by atoms with Gasteiger partial charge in [-0.25, -0.2) is 4.98 Å². The van der Waals surface area contributed by atoms with Crippen LogP contribution in [0.3, 0.4) is 0 Å². The molecule has 6 heteroatoms. The number of hydrogen-bond acceptors (Lipinski definition) is 4. The van der Waals surface area contributed by atoms with Gasteiger partial charge in [-0.2, -0.15) is 6.07 Å². The summed E-state index contributed by atoms with van der Waals surface area (Å²) in [5.74, 6) is 0.846. The van der Waals surface area contributed by atoms with Gasteiger partial charge >= 0.3 is 0 Å². The molecule has 0 N–H and O–H groups in total. The number of hydrogen-bond donors (Lipinski definition) is 0. The Kier molecular flexibility index (Phi) is 12.0. The molecule has 3 heterocycles. The minimum atomic E-state index is -0.249. The van der Waals surface area contributed by atoms with Gasteiger partial charge in [-0.05, 0) is 88.1 Å². The molecule has 0 fully saturated rings. The van der Waals surface area contributed by atoms with E-state index in [-0.39, 0.29) is 31.9 Å². The first-order valence-electron chi connectivity index (χ1n) is 22.9. The SMILES string of the molecule is CC(C)(c1ccccc1)c1cc(N2C=CN(c3[c-]c(N(c4[c-]c5c(cc4)c4ccccc4n5-c4ccccn4)c4ccccc4)cc(-c4ccccc4)c3)[CH-]2)cc(C(C)(C)c2ccccc2)c1.[Pt]. The quantitative estimate of drug-likeness (QED) is 0.121. The zero-order chi connectivity index (χ0) is 45.5. The molecule has 5 nitrogen and oxygen atoms in total. The molecule has 0 unspecified atom stereocenters. The van der Waals surface area contributed by atoms with Crippen LogP contribution in [0.4, 0.5) is 28.4 Å². The summed E-state index contributed by atoms with van der Waals surface area (Å²) in [5, 5.41) is 2.27. The van der Waals surface area contributed by atoms with E-state index in [0.29, 0.717) is 0 Å². The molecule has 0 saturated carbocycles. The van der Waals surface area contributed by atoms with Gasteiger partial charge in [0.2, 0.25) is 0 Å². The van der Waals surface area contributed by atoms with Crippen LogP contribution in [0.2, 0.25) is 0 Å². The average molecular weight is 1060 g/mol. The Hall–Kier alpha value is -7.46. The maximum atomic E-state index is 4.81. The summed E-state index contributed by atoms with van der Waals surface area (Å²) in [7, 11) is 0. The molecule has 1 aliphatic heterocycles. The molecule has 1 aliphatic rings. The van der Waals surface area contributed by atoms with Crippen LogP contribution in [0.15, 0.2) is 225 Å². The van der Waals surface area contributed by atoms with E-state index in [2.05, 4.69) is 272 Å². The van der Waals surface area contributed by atoms with Crippen LogP contribution < -0.4 is 14.7 Å². The fourth-order valence-electron chi connectivity index (χ4n) is 9.49. The fourth-order valence-corrected chi connectivity index (χ4v) is 9.49. The number of para-hydroxylation sites is 2. The first-order chi connectivity index (χ1) is 32.7. The van der Waals surface area contributed by atoms with E-state index in [1.807, 2.05) is 18.3 Å². The first kappa shape index (κ1) is 44.4. The molecule has 0 atom stereocenters. The maximum Gasteiger partial charge on any atom is 0.135 e. The van der Waals surface area contributed by atoms with Crippen LogP contribution in [-0.2, 0) is 31.9 Å². The molecule has 0 aliphatic carbocycles. The summed E-state index contributed by atoms with van der Waals surface area (Å²) in [4.78, 5) is 11.5. The van der Waals surface area contributed by atoms with Crippen molar-refractivity contribution in [1.82, 2.24) is 9.55 Å². The number of pyridine rings is 1. The predicted molar refractivity (Wildman–Crippen MR) is 278 cm³/mol. The molecule has 0 saturated heterocycles. The standard InChI is InChI=1S/C62H50N5.Pt/c1-61(2,47-23-11-6-12-24-47)49-39-50(62(3,4)48-25-13-7-14-26-48)41-54(40-49)65-36-35-64(44-65)53-37-46(45-21-9-5-10-22-45)38-55(42-53)66(51-27-15-8-16-28-51)52-32-33-57-56-29-17-18-30-58(56)67(59(57)43-52)60-31-19-20-34-63-60;/h5-41,44H,1-4H3;/q-3;. The van der Waals surface area contributed by atoms with Crippen LogP contribution in [0, 0.1) is 18.8 Å². The number of aromatic nitrogens is 2. The summed E-state index contributed by atoms with van der Waals surface area (Å²) in [6.45, 7) is 11.5. The zero-order valence-corrected chi connectivity index (χ0v) is 40.8. The van der Waals surface area contributed by atoms with E-state index in [0.717, 1.165) is 67.2 Å². The Labute approximate surface area is 414 Å². The van der Waals surface area contributed by atoms with E-state index in [4.69, 9.17) is 4.98 Å². The molecular weight excluding hydrogens is 1010 g/mol. The van der Waals surface area contributed by atoms with Crippen molar-refractivity contribution < 1.29 is 21.1 Å². The first-order valence-corrected chi connectivity index (χ1v) is 22.9. The fraction of sp³-hybridized carbons (Fsp3) is 0.0968. The predicted octanol–water partition coefficient (Wildman–Crippen LogP) is 15.5. The third-order valence-corrected chi connectivity index (χ3v) is 13.5. The molecule has 0 bridgehead atoms. The monoisotopic (exact) mass is 1060 g/mol. The number of fused-ring (bicyclic) bond motifs is 3. The summed E-state index contributed by atoms with van der Waals surface area (Å²) in [5.41, 5.74) is 13.6. The second kappa shape index (κ2) is 18.3. The summed E-state index contributed by atoms with van der Waals surface area (Å²) in [6, 6.07) is 81.1. The van der Waals surface area contributed by atoms with Crippen LogP contribution in [0.25, 0.3) is 38.8 Å². The van der Waals surface area contributed by atoms with Crippen molar-refractivity contribution in [3.05, 3.63) is 266 Å². The van der Waals surface area contributed by atoms with Gasteiger partial charge in [-0.3, -0.25) is 0 Å². The van der Waals surface area contributed by atoms with Crippen molar-refractivity contribution in [2.75, 3.05) is 14.7 Å². The third-order valence-electron chi connectivity index (χ3n) is 13.5. The van der Waals surface area contributed by atoms with Crippen molar-refractivity contribution in [3.63, 3.8) is 0 Å². The molecular formula is C62H50N5Pt-3. The van der Waals surface area contributed by atoms with Crippen molar-refractivity contribution in [2.45, 2.75) is 38.5 Å². The number of nitrogens with zero attached hydrogens (tertiary/aromatic N) is 5. The molecule has 68 heavy (non-hydrogen) atoms. The van der Waals surface area contributed by atoms with Crippen molar-refractivity contribution in [2.24, 2.45) is 0 Å². The van der Waals surface area contributed by atoms with Crippen LogP contribution in [-0.4, -0.2) is 9.55 Å². The second-order valence-electron chi connectivity index (χ2n) is 18.3. The largest absolute Gasteiger partial charge is 0.500 e. The Morgan fingerprint density at radius 2 is 1.07 bits per heavy atom. The van der Waals surface area contributed by atoms with Crippen LogP contribution in [0.5, 0.6) is 0 Å². The molecule has 11 rings (SSSR count). The average Bonchev–Trinajstić information content (AvgIpc) is 4.02. The van der Waals surface area contributed by atoms with Crippen molar-refractivity contribution >= 4 is 50.2 Å². The van der Waals surface area contributed by atoms with Gasteiger partial charge < -0.3 is 19.3 Å². The smallest absolute Gasteiger partial charge is 0.135 e. The molecule has 0 amide bonds. The summed E-state index contributed by atoms with van der Waals surface area (Å²) < 4.78 is 2.22. The minimum Gasteiger partial charge on any atom is -0.500 e. The van der Waals surface area contributed by atoms with Gasteiger partial charge in [-0.15, -0.1) is 53.6 Å². The normalized spacial score (nSPS) is 12.7. The summed E-state index contributed by atoms with van der Waals surface area (Å²) in [6.07, 6.45) is 6.14. The van der Waals surface area contributed by atoms with Gasteiger partial charge in [0.15, 0.2) is 0 Å². The maximum absolute atomic E-state index is 4.81. The van der Waals surface area contributed by atoms with Crippen LogP contribution in [0.1, 0.15) is 49.9 Å². The van der Waals surface area contributed by atoms with Gasteiger partial charge in [0.05, 0.1) is 0 Å². The van der Waals surface area contributed by atoms with E-state index in [9.17, 15) is 0 Å². The molecule has 2 aromatic heterocycles. The number of rotatable bonds is 11. The molecule has 8 aromatic carbocycles. The van der Waals surface area contributed by atoms with E-state index in [1.54, 1.807) is 0 Å². The van der Waals surface area contributed by atoms with Crippen LogP contribution >= 0.6 is 0 Å². The Morgan fingerprint density at radius 1 is 0.485 bits per heavy atom. The van der Waals surface area contributed by atoms with E-state index >= 15 is 0 Å². The molecule has 336 valence electrons. The van der Waals surface area contributed by atoms with Gasteiger partial charge in [0, 0.05) is 55.0 Å². The second-order valence-corrected chi connectivity index (χ2v) is 18.3. The Morgan fingerprint density at radius 3 is 1.72 bits per heavy atom. The zero-order valence-electron chi connectivity index (χ0n) is 38.5. The molecule has 0 radical (unpaired) electrons. The number of anilines is 5. The topological polar surface area (TPSA) is 27.5 Å². The van der Waals surface area contributed by atoms with Crippen molar-refractivity contribution in [1.29, 1.82) is 0 Å². The Balaban J connectivity index is 0.00000539. The van der Waals surface area contributed by atoms with Gasteiger partial charge in [-0.1, -0.05) is 184 Å².